The van der Waals surface area contributed by atoms with Crippen molar-refractivity contribution in [2.45, 2.75) is 59.7 Å². The lowest BCUT2D eigenvalue weighted by atomic mass is 9.99. The van der Waals surface area contributed by atoms with Gasteiger partial charge in [0.25, 0.3) is 0 Å². The second-order valence-corrected chi connectivity index (χ2v) is 4.92. The summed E-state index contributed by atoms with van der Waals surface area (Å²) in [6.45, 7) is 18.1. The summed E-state index contributed by atoms with van der Waals surface area (Å²) in [4.78, 5) is 2.45. The van der Waals surface area contributed by atoms with Crippen LogP contribution < -0.4 is 0 Å². The van der Waals surface area contributed by atoms with Gasteiger partial charge in [-0.2, -0.15) is 0 Å². The van der Waals surface area contributed by atoms with E-state index >= 15 is 0 Å². The molecular weight excluding hydrogens is 174 g/mol. The van der Waals surface area contributed by atoms with Crippen molar-refractivity contribution >= 4 is 0 Å². The molecule has 1 fully saturated rings. The van der Waals surface area contributed by atoms with Crippen molar-refractivity contribution in [2.24, 2.45) is 0 Å². The minimum absolute atomic E-state index is 0.0117. The molecule has 14 heavy (non-hydrogen) atoms. The predicted octanol–water partition coefficient (Wildman–Crippen LogP) is 2.92. The Morgan fingerprint density at radius 2 is 1.36 bits per heavy atom. The predicted molar refractivity (Wildman–Crippen MR) is 62.7 cm³/mol. The molecule has 1 aliphatic rings. The van der Waals surface area contributed by atoms with Crippen LogP contribution >= 0.6 is 0 Å². The number of hydrogen-bond donors (Lipinski definition) is 0. The molecule has 1 aliphatic heterocycles. The second kappa shape index (κ2) is 5.13. The van der Waals surface area contributed by atoms with E-state index in [9.17, 15) is 0 Å². The van der Waals surface area contributed by atoms with Crippen LogP contribution in [0.2, 0.25) is 0 Å². The van der Waals surface area contributed by atoms with E-state index in [0.717, 1.165) is 19.6 Å². The second-order valence-electron chi connectivity index (χ2n) is 4.92. The lowest BCUT2D eigenvalue weighted by Gasteiger charge is -2.46. The number of rotatable bonds is 1. The number of likely N-dealkylation sites (N-methyl/N-ethyl adjacent to an activating group) is 1. The monoisotopic (exact) mass is 201 g/mol. The first-order valence-corrected chi connectivity index (χ1v) is 5.77. The van der Waals surface area contributed by atoms with Gasteiger partial charge >= 0.3 is 0 Å². The number of nitrogens with zero attached hydrogens (tertiary/aromatic N) is 1. The molecule has 0 N–H and O–H groups in total. The van der Waals surface area contributed by atoms with Crippen LogP contribution in [-0.4, -0.2) is 35.7 Å². The van der Waals surface area contributed by atoms with Crippen molar-refractivity contribution in [1.82, 2.24) is 4.90 Å². The Hall–Kier alpha value is -0.0800. The molecule has 0 spiro atoms. The summed E-state index contributed by atoms with van der Waals surface area (Å²) in [5.41, 5.74) is 0.0233. The molecule has 1 rings (SSSR count). The molecule has 2 heteroatoms. The Bertz CT molecular complexity index is 148. The van der Waals surface area contributed by atoms with Crippen molar-refractivity contribution in [3.63, 3.8) is 0 Å². The highest BCUT2D eigenvalue weighted by molar-refractivity contribution is 4.88. The van der Waals surface area contributed by atoms with Crippen LogP contribution in [-0.2, 0) is 4.74 Å². The topological polar surface area (TPSA) is 12.5 Å². The van der Waals surface area contributed by atoms with Crippen LogP contribution in [0.5, 0.6) is 0 Å². The van der Waals surface area contributed by atoms with E-state index in [2.05, 4.69) is 39.5 Å². The highest BCUT2D eigenvalue weighted by Gasteiger charge is 2.37. The van der Waals surface area contributed by atoms with Gasteiger partial charge in [-0.1, -0.05) is 20.8 Å². The Kier molecular flexibility index (Phi) is 5.10. The summed E-state index contributed by atoms with van der Waals surface area (Å²) < 4.78 is 5.95. The average Bonchev–Trinajstić information content (AvgIpc) is 2.02. The van der Waals surface area contributed by atoms with Crippen molar-refractivity contribution in [1.29, 1.82) is 0 Å². The van der Waals surface area contributed by atoms with Gasteiger partial charge in [-0.05, 0) is 34.2 Å². The van der Waals surface area contributed by atoms with E-state index in [-0.39, 0.29) is 11.2 Å². The molecule has 1 saturated heterocycles. The van der Waals surface area contributed by atoms with Gasteiger partial charge in [-0.25, -0.2) is 0 Å². The molecule has 0 unspecified atom stereocenters. The molecule has 1 heterocycles. The van der Waals surface area contributed by atoms with Gasteiger partial charge in [0.1, 0.15) is 0 Å². The minimum Gasteiger partial charge on any atom is -0.367 e. The summed E-state index contributed by atoms with van der Waals surface area (Å²) in [5, 5.41) is 0. The van der Waals surface area contributed by atoms with Crippen molar-refractivity contribution < 1.29 is 4.74 Å². The number of hydrogen-bond acceptors (Lipinski definition) is 2. The molecule has 0 saturated carbocycles. The summed E-state index contributed by atoms with van der Waals surface area (Å²) in [6, 6.07) is 0. The summed E-state index contributed by atoms with van der Waals surface area (Å²) >= 11 is 0. The van der Waals surface area contributed by atoms with Crippen LogP contribution in [0.3, 0.4) is 0 Å². The van der Waals surface area contributed by atoms with Crippen LogP contribution in [0, 0.1) is 0 Å². The maximum atomic E-state index is 5.95. The highest BCUT2D eigenvalue weighted by atomic mass is 16.5. The fraction of sp³-hybridized carbons (Fsp3) is 1.00. The highest BCUT2D eigenvalue weighted by Crippen LogP contribution is 2.27. The van der Waals surface area contributed by atoms with Gasteiger partial charge in [0, 0.05) is 13.1 Å². The number of ether oxygens (including phenoxy) is 1. The van der Waals surface area contributed by atoms with Gasteiger partial charge in [0.15, 0.2) is 0 Å². The molecule has 0 atom stereocenters. The molecule has 0 aliphatic carbocycles. The van der Waals surface area contributed by atoms with Gasteiger partial charge in [0.2, 0.25) is 0 Å². The molecule has 0 bridgehead atoms. The Morgan fingerprint density at radius 1 is 1.00 bits per heavy atom. The first-order chi connectivity index (χ1) is 6.35. The van der Waals surface area contributed by atoms with Crippen molar-refractivity contribution in [2.75, 3.05) is 19.6 Å². The SMILES string of the molecule is CC.CCN1CC(C)(C)OC(C)(C)C1. The Morgan fingerprint density at radius 3 is 1.64 bits per heavy atom. The Labute approximate surface area is 89.6 Å². The van der Waals surface area contributed by atoms with Gasteiger partial charge in [-0.15, -0.1) is 0 Å². The number of morpholine rings is 1. The van der Waals surface area contributed by atoms with E-state index in [0.29, 0.717) is 0 Å². The van der Waals surface area contributed by atoms with Gasteiger partial charge in [0.05, 0.1) is 11.2 Å². The van der Waals surface area contributed by atoms with Crippen molar-refractivity contribution in [3.05, 3.63) is 0 Å². The molecule has 0 aromatic carbocycles. The third-order valence-corrected chi connectivity index (χ3v) is 2.21. The molecule has 0 aromatic rings. The van der Waals surface area contributed by atoms with Crippen molar-refractivity contribution in [3.8, 4) is 0 Å². The lowest BCUT2D eigenvalue weighted by Crippen LogP contribution is -2.56. The third-order valence-electron chi connectivity index (χ3n) is 2.21. The molecule has 2 nitrogen and oxygen atoms in total. The van der Waals surface area contributed by atoms with Crippen LogP contribution in [0.25, 0.3) is 0 Å². The lowest BCUT2D eigenvalue weighted by molar-refractivity contribution is -0.179. The molecular formula is C12H27NO. The largest absolute Gasteiger partial charge is 0.367 e. The molecule has 0 radical (unpaired) electrons. The molecule has 0 aromatic heterocycles. The zero-order valence-electron chi connectivity index (χ0n) is 11.0. The maximum Gasteiger partial charge on any atom is 0.0760 e. The first-order valence-electron chi connectivity index (χ1n) is 5.77. The van der Waals surface area contributed by atoms with E-state index in [4.69, 9.17) is 4.74 Å². The minimum atomic E-state index is 0.0117. The van der Waals surface area contributed by atoms with Crippen LogP contribution in [0.15, 0.2) is 0 Å². The van der Waals surface area contributed by atoms with Gasteiger partial charge in [-0.3, -0.25) is 4.90 Å². The first kappa shape index (κ1) is 13.9. The van der Waals surface area contributed by atoms with E-state index in [1.54, 1.807) is 0 Å². The zero-order valence-corrected chi connectivity index (χ0v) is 11.0. The summed E-state index contributed by atoms with van der Waals surface area (Å²) in [5.74, 6) is 0. The zero-order chi connectivity index (χ0) is 11.4. The smallest absolute Gasteiger partial charge is 0.0760 e. The normalized spacial score (nSPS) is 25.1. The standard InChI is InChI=1S/C10H21NO.C2H6/c1-6-11-7-9(2,3)12-10(4,5)8-11;1-2/h6-8H2,1-5H3;1-2H3. The van der Waals surface area contributed by atoms with Crippen LogP contribution in [0.4, 0.5) is 0 Å². The Balaban J connectivity index is 0.000000791. The molecule has 86 valence electrons. The van der Waals surface area contributed by atoms with Gasteiger partial charge < -0.3 is 4.74 Å². The summed E-state index contributed by atoms with van der Waals surface area (Å²) in [7, 11) is 0. The summed E-state index contributed by atoms with van der Waals surface area (Å²) in [6.07, 6.45) is 0. The van der Waals surface area contributed by atoms with E-state index in [1.165, 1.54) is 0 Å². The molecule has 0 amide bonds. The fourth-order valence-electron chi connectivity index (χ4n) is 2.17. The maximum absolute atomic E-state index is 5.95. The van der Waals surface area contributed by atoms with Crippen LogP contribution in [0.1, 0.15) is 48.5 Å². The third kappa shape index (κ3) is 4.43. The van der Waals surface area contributed by atoms with E-state index in [1.807, 2.05) is 13.8 Å². The quantitative estimate of drug-likeness (QED) is 0.647. The van der Waals surface area contributed by atoms with E-state index < -0.39 is 0 Å². The fourth-order valence-corrected chi connectivity index (χ4v) is 2.17. The average molecular weight is 201 g/mol.